The van der Waals surface area contributed by atoms with Crippen LogP contribution in [0.1, 0.15) is 6.92 Å². The van der Waals surface area contributed by atoms with E-state index in [2.05, 4.69) is 63.7 Å². The maximum Gasteiger partial charge on any atom is 0.128 e. The number of aliphatic hydroxyl groups excluding tert-OH is 1. The Morgan fingerprint density at radius 2 is 1.56 bits per heavy atom. The molecule has 0 amide bonds. The number of aliphatic hydroxyl groups is 1. The molecule has 0 aromatic carbocycles. The molecule has 0 saturated carbocycles. The van der Waals surface area contributed by atoms with Crippen molar-refractivity contribution in [2.75, 3.05) is 6.61 Å². The van der Waals surface area contributed by atoms with Crippen molar-refractivity contribution in [2.24, 2.45) is 0 Å². The van der Waals surface area contributed by atoms with E-state index < -0.39 is 3.23 Å². The van der Waals surface area contributed by atoms with E-state index in [0.717, 1.165) is 0 Å². The van der Waals surface area contributed by atoms with Crippen molar-refractivity contribution < 1.29 is 5.11 Å². The number of alkyl halides is 4. The van der Waals surface area contributed by atoms with Gasteiger partial charge in [-0.25, -0.2) is 0 Å². The number of hydrogen-bond acceptors (Lipinski definition) is 1. The minimum Gasteiger partial charge on any atom is -0.394 e. The van der Waals surface area contributed by atoms with Gasteiger partial charge in [-0.3, -0.25) is 0 Å². The van der Waals surface area contributed by atoms with E-state index in [-0.39, 0.29) is 9.84 Å². The molecular formula is C4H6Br4O. The maximum absolute atomic E-state index is 8.78. The number of hydrogen-bond donors (Lipinski definition) is 1. The highest BCUT2D eigenvalue weighted by atomic mass is 79.9. The topological polar surface area (TPSA) is 20.2 Å². The van der Waals surface area contributed by atoms with E-state index >= 15 is 0 Å². The zero-order chi connectivity index (χ0) is 7.71. The third-order valence-electron chi connectivity index (χ3n) is 0.841. The van der Waals surface area contributed by atoms with Crippen molar-refractivity contribution >= 4 is 63.7 Å². The Kier molecular flexibility index (Phi) is 4.25. The first kappa shape index (κ1) is 10.9. The first-order valence-electron chi connectivity index (χ1n) is 2.18. The summed E-state index contributed by atoms with van der Waals surface area (Å²) in [6, 6.07) is 0. The van der Waals surface area contributed by atoms with Crippen LogP contribution in [0, 0.1) is 0 Å². The van der Waals surface area contributed by atoms with E-state index in [0.29, 0.717) is 0 Å². The Morgan fingerprint density at radius 3 is 1.56 bits per heavy atom. The average molecular weight is 390 g/mol. The smallest absolute Gasteiger partial charge is 0.128 e. The monoisotopic (exact) mass is 386 g/mol. The normalized spacial score (nSPS) is 14.0. The van der Waals surface area contributed by atoms with Crippen molar-refractivity contribution in [3.63, 3.8) is 0 Å². The van der Waals surface area contributed by atoms with Gasteiger partial charge < -0.3 is 5.11 Å². The molecule has 0 rings (SSSR count). The molecule has 0 atom stereocenters. The van der Waals surface area contributed by atoms with Crippen molar-refractivity contribution in [1.29, 1.82) is 0 Å². The summed E-state index contributed by atoms with van der Waals surface area (Å²) in [6.45, 7) is 1.88. The fourth-order valence-electron chi connectivity index (χ4n) is 0.139. The van der Waals surface area contributed by atoms with Gasteiger partial charge in [0.15, 0.2) is 0 Å². The van der Waals surface area contributed by atoms with Crippen LogP contribution in [0.4, 0.5) is 0 Å². The molecule has 0 aliphatic heterocycles. The molecule has 0 saturated heterocycles. The van der Waals surface area contributed by atoms with Crippen molar-refractivity contribution in [2.45, 2.75) is 13.4 Å². The summed E-state index contributed by atoms with van der Waals surface area (Å²) >= 11 is 13.2. The van der Waals surface area contributed by atoms with E-state index in [9.17, 15) is 0 Å². The molecule has 56 valence electrons. The van der Waals surface area contributed by atoms with Crippen LogP contribution in [0.5, 0.6) is 0 Å². The standard InChI is InChI=1S/C4H6Br4O/c1-3(5,6)4(7,8)2-9/h9H,2H2,1H3. The molecule has 0 bridgehead atoms. The Balaban J connectivity index is 4.14. The Bertz CT molecular complexity index is 95.2. The SMILES string of the molecule is CC(Br)(Br)C(Br)(Br)CO. The highest BCUT2D eigenvalue weighted by molar-refractivity contribution is 9.30. The fourth-order valence-corrected chi connectivity index (χ4v) is 0.390. The lowest BCUT2D eigenvalue weighted by atomic mass is 10.3. The predicted molar refractivity (Wildman–Crippen MR) is 53.9 cm³/mol. The molecule has 9 heavy (non-hydrogen) atoms. The largest absolute Gasteiger partial charge is 0.394 e. The molecule has 5 heteroatoms. The molecule has 0 aliphatic carbocycles. The van der Waals surface area contributed by atoms with Crippen LogP contribution in [0.3, 0.4) is 0 Å². The van der Waals surface area contributed by atoms with Gasteiger partial charge in [-0.05, 0) is 6.92 Å². The van der Waals surface area contributed by atoms with Gasteiger partial charge in [-0.15, -0.1) is 0 Å². The molecular weight excluding hydrogens is 384 g/mol. The maximum atomic E-state index is 8.78. The van der Waals surface area contributed by atoms with Crippen LogP contribution >= 0.6 is 63.7 Å². The average Bonchev–Trinajstić information content (AvgIpc) is 1.64. The van der Waals surface area contributed by atoms with Gasteiger partial charge in [0.2, 0.25) is 0 Å². The zero-order valence-corrected chi connectivity index (χ0v) is 11.0. The van der Waals surface area contributed by atoms with Gasteiger partial charge in [-0.1, -0.05) is 63.7 Å². The lowest BCUT2D eigenvalue weighted by molar-refractivity contribution is 0.286. The Hall–Kier alpha value is 1.88. The summed E-state index contributed by atoms with van der Waals surface area (Å²) in [4.78, 5) is 0. The van der Waals surface area contributed by atoms with Gasteiger partial charge in [0, 0.05) is 0 Å². The molecule has 0 aromatic heterocycles. The first-order chi connectivity index (χ1) is 3.81. The minimum absolute atomic E-state index is 0. The van der Waals surface area contributed by atoms with Gasteiger partial charge in [0.05, 0.1) is 6.61 Å². The van der Waals surface area contributed by atoms with Crippen molar-refractivity contribution in [3.05, 3.63) is 0 Å². The summed E-state index contributed by atoms with van der Waals surface area (Å²) in [6.07, 6.45) is 0. The predicted octanol–water partition coefficient (Wildman–Crippen LogP) is 2.97. The van der Waals surface area contributed by atoms with Crippen LogP contribution in [-0.2, 0) is 0 Å². The summed E-state index contributed by atoms with van der Waals surface area (Å²) in [7, 11) is 0. The summed E-state index contributed by atoms with van der Waals surface area (Å²) < 4.78 is -0.852. The zero-order valence-electron chi connectivity index (χ0n) is 4.67. The quantitative estimate of drug-likeness (QED) is 0.720. The van der Waals surface area contributed by atoms with Crippen LogP contribution in [0.2, 0.25) is 0 Å². The third-order valence-corrected chi connectivity index (χ3v) is 6.41. The highest BCUT2D eigenvalue weighted by Crippen LogP contribution is 2.47. The van der Waals surface area contributed by atoms with E-state index in [1.807, 2.05) is 6.92 Å². The molecule has 1 N–H and O–H groups in total. The fraction of sp³-hybridized carbons (Fsp3) is 1.00. The van der Waals surface area contributed by atoms with Crippen LogP contribution in [-0.4, -0.2) is 18.2 Å². The summed E-state index contributed by atoms with van der Waals surface area (Å²) in [5.74, 6) is 0. The van der Waals surface area contributed by atoms with Gasteiger partial charge in [0.1, 0.15) is 6.47 Å². The summed E-state index contributed by atoms with van der Waals surface area (Å²) in [5.41, 5.74) is 0. The Labute approximate surface area is 88.1 Å². The van der Waals surface area contributed by atoms with E-state index in [1.165, 1.54) is 0 Å². The van der Waals surface area contributed by atoms with Crippen LogP contribution < -0.4 is 0 Å². The second kappa shape index (κ2) is 3.52. The van der Waals surface area contributed by atoms with Gasteiger partial charge >= 0.3 is 0 Å². The molecule has 0 fully saturated rings. The minimum atomic E-state index is -0.507. The summed E-state index contributed by atoms with van der Waals surface area (Å²) in [5, 5.41) is 8.78. The molecule has 0 aromatic rings. The second-order valence-electron chi connectivity index (χ2n) is 1.75. The van der Waals surface area contributed by atoms with Gasteiger partial charge in [-0.2, -0.15) is 0 Å². The molecule has 0 radical (unpaired) electrons. The lowest BCUT2D eigenvalue weighted by Gasteiger charge is -2.28. The number of rotatable bonds is 2. The molecule has 1 nitrogen and oxygen atoms in total. The molecule has 0 spiro atoms. The van der Waals surface area contributed by atoms with Crippen molar-refractivity contribution in [3.8, 4) is 0 Å². The van der Waals surface area contributed by atoms with E-state index in [4.69, 9.17) is 5.11 Å². The van der Waals surface area contributed by atoms with Crippen LogP contribution in [0.25, 0.3) is 0 Å². The molecule has 0 aliphatic rings. The van der Waals surface area contributed by atoms with Crippen LogP contribution in [0.15, 0.2) is 0 Å². The molecule has 0 heterocycles. The third kappa shape index (κ3) is 3.18. The second-order valence-corrected chi connectivity index (χ2v) is 9.76. The van der Waals surface area contributed by atoms with Gasteiger partial charge in [0.25, 0.3) is 0 Å². The molecule has 0 unspecified atom stereocenters. The van der Waals surface area contributed by atoms with Crippen molar-refractivity contribution in [1.82, 2.24) is 0 Å². The number of halogens is 4. The highest BCUT2D eigenvalue weighted by Gasteiger charge is 2.40. The lowest BCUT2D eigenvalue weighted by Crippen LogP contribution is -2.34. The first-order valence-corrected chi connectivity index (χ1v) is 5.35. The Morgan fingerprint density at radius 1 is 1.22 bits per heavy atom. The van der Waals surface area contributed by atoms with E-state index in [1.54, 1.807) is 0 Å².